The second-order valence-electron chi connectivity index (χ2n) is 7.80. The minimum Gasteiger partial charge on any atom is -0.381 e. The smallest absolute Gasteiger partial charge is 0.272 e. The fourth-order valence-corrected chi connectivity index (χ4v) is 4.25. The number of aromatic nitrogens is 2. The maximum Gasteiger partial charge on any atom is 0.272 e. The van der Waals surface area contributed by atoms with Gasteiger partial charge in [0.1, 0.15) is 5.69 Å². The molecule has 142 valence electrons. The third-order valence-electron chi connectivity index (χ3n) is 5.88. The van der Waals surface area contributed by atoms with E-state index in [1.807, 2.05) is 11.9 Å². The van der Waals surface area contributed by atoms with Gasteiger partial charge in [0.25, 0.3) is 5.91 Å². The average Bonchev–Trinajstić information content (AvgIpc) is 3.44. The maximum absolute atomic E-state index is 13.0. The van der Waals surface area contributed by atoms with E-state index in [-0.39, 0.29) is 23.9 Å². The largest absolute Gasteiger partial charge is 0.381 e. The predicted octanol–water partition coefficient (Wildman–Crippen LogP) is 1.44. The highest BCUT2D eigenvalue weighted by Crippen LogP contribution is 2.35. The van der Waals surface area contributed by atoms with Crippen molar-refractivity contribution in [3.63, 3.8) is 0 Å². The van der Waals surface area contributed by atoms with Crippen LogP contribution in [0.15, 0.2) is 12.5 Å². The number of carbonyl (C=O) groups is 2. The van der Waals surface area contributed by atoms with Crippen molar-refractivity contribution in [3.8, 4) is 0 Å². The van der Waals surface area contributed by atoms with Gasteiger partial charge in [-0.15, -0.1) is 0 Å². The van der Waals surface area contributed by atoms with Crippen LogP contribution in [0, 0.1) is 5.92 Å². The summed E-state index contributed by atoms with van der Waals surface area (Å²) in [5, 5.41) is 0. The van der Waals surface area contributed by atoms with Crippen LogP contribution < -0.4 is 0 Å². The summed E-state index contributed by atoms with van der Waals surface area (Å²) < 4.78 is 7.26. The van der Waals surface area contributed by atoms with Crippen molar-refractivity contribution in [2.24, 2.45) is 13.0 Å². The summed E-state index contributed by atoms with van der Waals surface area (Å²) in [4.78, 5) is 34.0. The van der Waals surface area contributed by atoms with Gasteiger partial charge in [0.05, 0.1) is 12.5 Å². The maximum atomic E-state index is 13.0. The Bertz CT molecular complexity index is 663. The van der Waals surface area contributed by atoms with Crippen molar-refractivity contribution in [1.29, 1.82) is 0 Å². The minimum atomic E-state index is 0.0144. The number of nitrogens with zero attached hydrogens (tertiary/aromatic N) is 4. The monoisotopic (exact) mass is 360 g/mol. The van der Waals surface area contributed by atoms with E-state index in [4.69, 9.17) is 4.74 Å². The standard InChI is InChI=1S/C19H28N4O3/c1-21-13-20-11-17(21)19(25)22-8-2-3-16(12-22)23(18(24)14-4-5-14)15-6-9-26-10-7-15/h11,13-16H,2-10,12H2,1H3. The molecule has 1 aromatic rings. The fraction of sp³-hybridized carbons (Fsp3) is 0.737. The first-order valence-electron chi connectivity index (χ1n) is 9.80. The molecule has 1 aromatic heterocycles. The van der Waals surface area contributed by atoms with Crippen LogP contribution in [0.4, 0.5) is 0 Å². The van der Waals surface area contributed by atoms with Crippen LogP contribution in [0.25, 0.3) is 0 Å². The highest BCUT2D eigenvalue weighted by Gasteiger charge is 2.41. The molecule has 26 heavy (non-hydrogen) atoms. The second-order valence-corrected chi connectivity index (χ2v) is 7.80. The molecule has 2 aliphatic heterocycles. The number of carbonyl (C=O) groups excluding carboxylic acids is 2. The van der Waals surface area contributed by atoms with E-state index in [1.54, 1.807) is 17.1 Å². The van der Waals surface area contributed by atoms with Crippen LogP contribution in [0.1, 0.15) is 49.0 Å². The van der Waals surface area contributed by atoms with E-state index in [2.05, 4.69) is 9.88 Å². The quantitative estimate of drug-likeness (QED) is 0.815. The molecule has 7 heteroatoms. The Kier molecular flexibility index (Phi) is 4.98. The van der Waals surface area contributed by atoms with Crippen LogP contribution in [0.2, 0.25) is 0 Å². The predicted molar refractivity (Wildman–Crippen MR) is 95.5 cm³/mol. The van der Waals surface area contributed by atoms with Gasteiger partial charge in [-0.05, 0) is 38.5 Å². The van der Waals surface area contributed by atoms with E-state index in [0.717, 1.165) is 58.3 Å². The van der Waals surface area contributed by atoms with Crippen molar-refractivity contribution in [2.45, 2.75) is 50.6 Å². The summed E-state index contributed by atoms with van der Waals surface area (Å²) in [5.74, 6) is 0.526. The number of hydrogen-bond acceptors (Lipinski definition) is 4. The molecular formula is C19H28N4O3. The Hall–Kier alpha value is -1.89. The zero-order valence-electron chi connectivity index (χ0n) is 15.5. The SMILES string of the molecule is Cn1cncc1C(=O)N1CCCC(N(C(=O)C2CC2)C2CCOCC2)C1. The molecule has 4 rings (SSSR count). The average molecular weight is 360 g/mol. The van der Waals surface area contributed by atoms with Gasteiger partial charge in [0, 0.05) is 51.4 Å². The van der Waals surface area contributed by atoms with Gasteiger partial charge in [-0.3, -0.25) is 9.59 Å². The first-order chi connectivity index (χ1) is 12.6. The lowest BCUT2D eigenvalue weighted by Crippen LogP contribution is -2.56. The number of hydrogen-bond donors (Lipinski definition) is 0. The Morgan fingerprint density at radius 1 is 1.15 bits per heavy atom. The molecule has 0 bridgehead atoms. The van der Waals surface area contributed by atoms with Gasteiger partial charge in [-0.1, -0.05) is 0 Å². The molecule has 0 N–H and O–H groups in total. The lowest BCUT2D eigenvalue weighted by molar-refractivity contribution is -0.141. The lowest BCUT2D eigenvalue weighted by atomic mass is 9.97. The summed E-state index contributed by atoms with van der Waals surface area (Å²) in [6.07, 6.45) is 9.04. The second kappa shape index (κ2) is 7.39. The molecule has 2 amide bonds. The number of piperidine rings is 1. The van der Waals surface area contributed by atoms with Crippen molar-refractivity contribution in [1.82, 2.24) is 19.4 Å². The third kappa shape index (κ3) is 3.49. The van der Waals surface area contributed by atoms with Crippen LogP contribution >= 0.6 is 0 Å². The summed E-state index contributed by atoms with van der Waals surface area (Å²) >= 11 is 0. The Balaban J connectivity index is 1.50. The van der Waals surface area contributed by atoms with E-state index in [9.17, 15) is 9.59 Å². The molecule has 3 heterocycles. The highest BCUT2D eigenvalue weighted by atomic mass is 16.5. The molecular weight excluding hydrogens is 332 g/mol. The summed E-state index contributed by atoms with van der Waals surface area (Å²) in [5.41, 5.74) is 0.608. The van der Waals surface area contributed by atoms with Crippen molar-refractivity contribution in [2.75, 3.05) is 26.3 Å². The molecule has 1 atom stereocenters. The molecule has 1 unspecified atom stereocenters. The Labute approximate surface area is 154 Å². The summed E-state index contributed by atoms with van der Waals surface area (Å²) in [7, 11) is 1.84. The molecule has 0 spiro atoms. The molecule has 3 fully saturated rings. The van der Waals surface area contributed by atoms with Crippen LogP contribution in [-0.2, 0) is 16.6 Å². The molecule has 1 aliphatic carbocycles. The van der Waals surface area contributed by atoms with Crippen molar-refractivity contribution >= 4 is 11.8 Å². The van der Waals surface area contributed by atoms with Gasteiger partial charge in [0.15, 0.2) is 0 Å². The first kappa shape index (κ1) is 17.5. The molecule has 1 saturated carbocycles. The van der Waals surface area contributed by atoms with Crippen molar-refractivity contribution in [3.05, 3.63) is 18.2 Å². The number of rotatable bonds is 4. The number of imidazole rings is 1. The van der Waals surface area contributed by atoms with Gasteiger partial charge < -0.3 is 19.1 Å². The van der Waals surface area contributed by atoms with E-state index in [0.29, 0.717) is 18.1 Å². The number of aryl methyl sites for hydroxylation is 1. The fourth-order valence-electron chi connectivity index (χ4n) is 4.25. The molecule has 0 radical (unpaired) electrons. The summed E-state index contributed by atoms with van der Waals surface area (Å²) in [6.45, 7) is 2.83. The molecule has 0 aromatic carbocycles. The zero-order chi connectivity index (χ0) is 18.1. The normalized spacial score (nSPS) is 24.5. The Morgan fingerprint density at radius 2 is 1.92 bits per heavy atom. The first-order valence-corrected chi connectivity index (χ1v) is 9.80. The number of amides is 2. The highest BCUT2D eigenvalue weighted by molar-refractivity contribution is 5.92. The van der Waals surface area contributed by atoms with Gasteiger partial charge >= 0.3 is 0 Å². The molecule has 3 aliphatic rings. The molecule has 2 saturated heterocycles. The van der Waals surface area contributed by atoms with Gasteiger partial charge in [0.2, 0.25) is 5.91 Å². The van der Waals surface area contributed by atoms with Gasteiger partial charge in [-0.2, -0.15) is 0 Å². The van der Waals surface area contributed by atoms with E-state index in [1.165, 1.54) is 0 Å². The van der Waals surface area contributed by atoms with Crippen LogP contribution in [0.3, 0.4) is 0 Å². The molecule has 7 nitrogen and oxygen atoms in total. The minimum absolute atomic E-state index is 0.0144. The van der Waals surface area contributed by atoms with Crippen molar-refractivity contribution < 1.29 is 14.3 Å². The number of likely N-dealkylation sites (tertiary alicyclic amines) is 1. The topological polar surface area (TPSA) is 67.7 Å². The van der Waals surface area contributed by atoms with Gasteiger partial charge in [-0.25, -0.2) is 4.98 Å². The van der Waals surface area contributed by atoms with E-state index >= 15 is 0 Å². The van der Waals surface area contributed by atoms with Crippen LogP contribution in [-0.4, -0.2) is 69.6 Å². The third-order valence-corrected chi connectivity index (χ3v) is 5.88. The van der Waals surface area contributed by atoms with Crippen LogP contribution in [0.5, 0.6) is 0 Å². The zero-order valence-corrected chi connectivity index (χ0v) is 15.5. The Morgan fingerprint density at radius 3 is 2.58 bits per heavy atom. The van der Waals surface area contributed by atoms with E-state index < -0.39 is 0 Å². The lowest BCUT2D eigenvalue weighted by Gasteiger charge is -2.44. The summed E-state index contributed by atoms with van der Waals surface area (Å²) in [6, 6.07) is 0.380. The number of ether oxygens (including phenoxy) is 1.